The topological polar surface area (TPSA) is 49.8 Å². The van der Waals surface area contributed by atoms with Crippen LogP contribution < -0.4 is 10.6 Å². The maximum atomic E-state index is 13.4. The van der Waals surface area contributed by atoms with E-state index in [-0.39, 0.29) is 18.4 Å². The molecule has 0 bridgehead atoms. The molecule has 0 aliphatic carbocycles. The quantitative estimate of drug-likeness (QED) is 0.872. The molecule has 2 aromatic rings. The zero-order valence-corrected chi connectivity index (χ0v) is 10.5. The van der Waals surface area contributed by atoms with Gasteiger partial charge in [-0.2, -0.15) is 0 Å². The number of benzene rings is 1. The smallest absolute Gasteiger partial charge is 0.223 e. The largest absolute Gasteiger partial charge is 0.347 e. The zero-order valence-electron chi connectivity index (χ0n) is 9.64. The highest BCUT2D eigenvalue weighted by atomic mass is 35.5. The number of hydrogen-bond donors (Lipinski definition) is 2. The van der Waals surface area contributed by atoms with Gasteiger partial charge in [0.15, 0.2) is 0 Å². The minimum Gasteiger partial charge on any atom is -0.347 e. The van der Waals surface area contributed by atoms with Crippen LogP contribution in [0.2, 0.25) is 0 Å². The van der Waals surface area contributed by atoms with E-state index in [0.29, 0.717) is 19.0 Å². The van der Waals surface area contributed by atoms with E-state index in [4.69, 9.17) is 0 Å². The van der Waals surface area contributed by atoms with E-state index in [1.54, 1.807) is 6.20 Å². The summed E-state index contributed by atoms with van der Waals surface area (Å²) in [6, 6.07) is 7.50. The molecular formula is C12H14ClFN4. The van der Waals surface area contributed by atoms with Gasteiger partial charge >= 0.3 is 0 Å². The van der Waals surface area contributed by atoms with Gasteiger partial charge in [-0.25, -0.2) is 14.4 Å². The summed E-state index contributed by atoms with van der Waals surface area (Å²) in [6.07, 6.45) is 0.866. The predicted octanol–water partition coefficient (Wildman–Crippen LogP) is 1.77. The van der Waals surface area contributed by atoms with Crippen LogP contribution in [0, 0.1) is 0 Å². The molecule has 1 aromatic carbocycles. The van der Waals surface area contributed by atoms with Gasteiger partial charge in [-0.05, 0) is 6.07 Å². The molecule has 6 heteroatoms. The van der Waals surface area contributed by atoms with Gasteiger partial charge in [0.25, 0.3) is 0 Å². The normalized spacial score (nSPS) is 22.7. The zero-order chi connectivity index (χ0) is 11.7. The van der Waals surface area contributed by atoms with E-state index in [9.17, 15) is 4.39 Å². The second kappa shape index (κ2) is 5.46. The van der Waals surface area contributed by atoms with Crippen LogP contribution in [-0.2, 0) is 0 Å². The van der Waals surface area contributed by atoms with Gasteiger partial charge in [0.2, 0.25) is 5.95 Å². The standard InChI is InChI=1S/C12H13FN4.ClH/c13-9-6-14-7-11(9)17-12-15-5-8-3-1-2-4-10(8)16-12;/h1-5,9,11,14H,6-7H2,(H,15,16,17);1H/t9-,11-;/m0./s1. The van der Waals surface area contributed by atoms with Gasteiger partial charge in [-0.3, -0.25) is 0 Å². The molecule has 2 N–H and O–H groups in total. The summed E-state index contributed by atoms with van der Waals surface area (Å²) in [4.78, 5) is 8.54. The van der Waals surface area contributed by atoms with Gasteiger partial charge in [0.05, 0.1) is 11.6 Å². The fraction of sp³-hybridized carbons (Fsp3) is 0.333. The molecular weight excluding hydrogens is 255 g/mol. The van der Waals surface area contributed by atoms with Gasteiger partial charge in [0, 0.05) is 24.7 Å². The molecule has 4 nitrogen and oxygen atoms in total. The number of nitrogens with zero attached hydrogens (tertiary/aromatic N) is 2. The number of para-hydroxylation sites is 1. The molecule has 18 heavy (non-hydrogen) atoms. The molecule has 1 aliphatic heterocycles. The Hall–Kier alpha value is -1.46. The van der Waals surface area contributed by atoms with E-state index in [2.05, 4.69) is 20.6 Å². The van der Waals surface area contributed by atoms with Crippen LogP contribution in [-0.4, -0.2) is 35.3 Å². The summed E-state index contributed by atoms with van der Waals surface area (Å²) in [7, 11) is 0. The molecule has 0 saturated carbocycles. The minimum absolute atomic E-state index is 0. The number of halogens is 2. The van der Waals surface area contributed by atoms with Crippen molar-refractivity contribution in [2.24, 2.45) is 0 Å². The van der Waals surface area contributed by atoms with E-state index in [1.807, 2.05) is 24.3 Å². The molecule has 0 unspecified atom stereocenters. The number of rotatable bonds is 2. The third-order valence-corrected chi connectivity index (χ3v) is 2.94. The summed E-state index contributed by atoms with van der Waals surface area (Å²) >= 11 is 0. The lowest BCUT2D eigenvalue weighted by molar-refractivity contribution is 0.342. The van der Waals surface area contributed by atoms with Crippen molar-refractivity contribution in [2.45, 2.75) is 12.2 Å². The first-order valence-corrected chi connectivity index (χ1v) is 5.66. The lowest BCUT2D eigenvalue weighted by Crippen LogP contribution is -2.30. The first kappa shape index (κ1) is 13.0. The maximum Gasteiger partial charge on any atom is 0.223 e. The highest BCUT2D eigenvalue weighted by Gasteiger charge is 2.26. The van der Waals surface area contributed by atoms with Crippen molar-refractivity contribution in [2.75, 3.05) is 18.4 Å². The molecule has 2 atom stereocenters. The Bertz CT molecular complexity index is 536. The molecule has 0 amide bonds. The third-order valence-electron chi connectivity index (χ3n) is 2.94. The van der Waals surface area contributed by atoms with Crippen LogP contribution >= 0.6 is 12.4 Å². The Labute approximate surface area is 110 Å². The number of aromatic nitrogens is 2. The van der Waals surface area contributed by atoms with Gasteiger partial charge < -0.3 is 10.6 Å². The molecule has 0 spiro atoms. The van der Waals surface area contributed by atoms with Crippen molar-refractivity contribution in [3.8, 4) is 0 Å². The second-order valence-corrected chi connectivity index (χ2v) is 4.18. The highest BCUT2D eigenvalue weighted by molar-refractivity contribution is 5.85. The van der Waals surface area contributed by atoms with E-state index in [0.717, 1.165) is 10.9 Å². The number of fused-ring (bicyclic) bond motifs is 1. The molecule has 2 heterocycles. The SMILES string of the molecule is Cl.F[C@H]1CNC[C@@H]1Nc1ncc2ccccc2n1. The average Bonchev–Trinajstić information content (AvgIpc) is 2.75. The highest BCUT2D eigenvalue weighted by Crippen LogP contribution is 2.14. The first-order chi connectivity index (χ1) is 8.33. The number of hydrogen-bond acceptors (Lipinski definition) is 4. The van der Waals surface area contributed by atoms with Crippen molar-refractivity contribution >= 4 is 29.3 Å². The monoisotopic (exact) mass is 268 g/mol. The van der Waals surface area contributed by atoms with Crippen molar-refractivity contribution in [1.29, 1.82) is 0 Å². The Morgan fingerprint density at radius 1 is 1.28 bits per heavy atom. The van der Waals surface area contributed by atoms with Crippen molar-refractivity contribution < 1.29 is 4.39 Å². The molecule has 0 radical (unpaired) electrons. The van der Waals surface area contributed by atoms with Gasteiger partial charge in [0.1, 0.15) is 6.17 Å². The number of anilines is 1. The Kier molecular flexibility index (Phi) is 3.93. The van der Waals surface area contributed by atoms with Crippen LogP contribution in [0.15, 0.2) is 30.5 Å². The van der Waals surface area contributed by atoms with Crippen molar-refractivity contribution in [3.05, 3.63) is 30.5 Å². The summed E-state index contributed by atoms with van der Waals surface area (Å²) < 4.78 is 13.4. The first-order valence-electron chi connectivity index (χ1n) is 5.66. The molecule has 3 rings (SSSR count). The third kappa shape index (κ3) is 2.52. The summed E-state index contributed by atoms with van der Waals surface area (Å²) in [5.41, 5.74) is 0.867. The van der Waals surface area contributed by atoms with Crippen LogP contribution in [0.4, 0.5) is 10.3 Å². The second-order valence-electron chi connectivity index (χ2n) is 4.18. The number of nitrogens with one attached hydrogen (secondary N) is 2. The van der Waals surface area contributed by atoms with E-state index < -0.39 is 6.17 Å². The fourth-order valence-corrected chi connectivity index (χ4v) is 2.00. The van der Waals surface area contributed by atoms with Gasteiger partial charge in [-0.1, -0.05) is 18.2 Å². The minimum atomic E-state index is -0.884. The summed E-state index contributed by atoms with van der Waals surface area (Å²) in [6.45, 7) is 1.00. The average molecular weight is 269 g/mol. The predicted molar refractivity (Wildman–Crippen MR) is 72.0 cm³/mol. The number of alkyl halides is 1. The molecule has 1 saturated heterocycles. The molecule has 1 fully saturated rings. The molecule has 1 aliphatic rings. The van der Waals surface area contributed by atoms with Crippen LogP contribution in [0.3, 0.4) is 0 Å². The molecule has 96 valence electrons. The fourth-order valence-electron chi connectivity index (χ4n) is 2.00. The maximum absolute atomic E-state index is 13.4. The van der Waals surface area contributed by atoms with Crippen LogP contribution in [0.5, 0.6) is 0 Å². The van der Waals surface area contributed by atoms with E-state index >= 15 is 0 Å². The van der Waals surface area contributed by atoms with E-state index in [1.165, 1.54) is 0 Å². The van der Waals surface area contributed by atoms with Crippen molar-refractivity contribution in [1.82, 2.24) is 15.3 Å². The lowest BCUT2D eigenvalue weighted by atomic mass is 10.2. The molecule has 1 aromatic heterocycles. The Morgan fingerprint density at radius 3 is 2.89 bits per heavy atom. The van der Waals surface area contributed by atoms with Gasteiger partial charge in [-0.15, -0.1) is 12.4 Å². The summed E-state index contributed by atoms with van der Waals surface area (Å²) in [5, 5.41) is 7.00. The van der Waals surface area contributed by atoms with Crippen LogP contribution in [0.25, 0.3) is 10.9 Å². The van der Waals surface area contributed by atoms with Crippen LogP contribution in [0.1, 0.15) is 0 Å². The summed E-state index contributed by atoms with van der Waals surface area (Å²) in [5.74, 6) is 0.486. The Balaban J connectivity index is 0.00000120. The lowest BCUT2D eigenvalue weighted by Gasteiger charge is -2.13. The van der Waals surface area contributed by atoms with Crippen molar-refractivity contribution in [3.63, 3.8) is 0 Å². The Morgan fingerprint density at radius 2 is 2.11 bits per heavy atom.